The number of ether oxygens (including phenoxy) is 1. The van der Waals surface area contributed by atoms with Crippen LogP contribution in [-0.2, 0) is 29.2 Å². The van der Waals surface area contributed by atoms with Crippen molar-refractivity contribution in [3.05, 3.63) is 60.7 Å². The normalized spacial score (nSPS) is 12.1. The third kappa shape index (κ3) is 4.26. The topological polar surface area (TPSA) is 94.6 Å². The first-order chi connectivity index (χ1) is 11.8. The fourth-order valence-electron chi connectivity index (χ4n) is 2.34. The summed E-state index contributed by atoms with van der Waals surface area (Å²) in [6.07, 6.45) is -0.708. The number of hydrogen-bond acceptors (Lipinski definition) is 6. The first kappa shape index (κ1) is 19.1. The van der Waals surface area contributed by atoms with Crippen molar-refractivity contribution >= 4 is 25.6 Å². The zero-order chi connectivity index (χ0) is 18.5. The van der Waals surface area contributed by atoms with Crippen LogP contribution in [0.2, 0.25) is 0 Å². The molecule has 0 N–H and O–H groups in total. The van der Waals surface area contributed by atoms with Crippen LogP contribution in [0.1, 0.15) is 12.8 Å². The molecule has 0 aliphatic carbocycles. The third-order valence-corrected chi connectivity index (χ3v) is 8.88. The zero-order valence-corrected chi connectivity index (χ0v) is 15.2. The number of rotatable bonds is 7. The van der Waals surface area contributed by atoms with Crippen LogP contribution in [0, 0.1) is 0 Å². The Morgan fingerprint density at radius 2 is 1.24 bits per heavy atom. The van der Waals surface area contributed by atoms with Crippen LogP contribution in [0.4, 0.5) is 0 Å². The first-order valence-electron chi connectivity index (χ1n) is 7.45. The number of esters is 1. The van der Waals surface area contributed by atoms with Crippen molar-refractivity contribution in [3.63, 3.8) is 0 Å². The fourth-order valence-corrected chi connectivity index (χ4v) is 6.88. The van der Waals surface area contributed by atoms with Crippen LogP contribution in [0.3, 0.4) is 0 Å². The Hall–Kier alpha value is -2.19. The molecule has 0 heterocycles. The highest BCUT2D eigenvalue weighted by Crippen LogP contribution is 2.28. The molecule has 0 amide bonds. The van der Waals surface area contributed by atoms with E-state index >= 15 is 0 Å². The summed E-state index contributed by atoms with van der Waals surface area (Å²) in [4.78, 5) is 11.2. The van der Waals surface area contributed by atoms with Crippen LogP contribution in [0.25, 0.3) is 0 Å². The maximum Gasteiger partial charge on any atom is 0.305 e. The summed E-state index contributed by atoms with van der Waals surface area (Å²) in [6.45, 7) is 0. The monoisotopic (exact) mass is 382 g/mol. The van der Waals surface area contributed by atoms with Crippen molar-refractivity contribution in [2.45, 2.75) is 27.2 Å². The van der Waals surface area contributed by atoms with Gasteiger partial charge in [0.2, 0.25) is 0 Å². The fraction of sp³-hybridized carbons (Fsp3) is 0.235. The van der Waals surface area contributed by atoms with E-state index in [1.807, 2.05) is 0 Å². The van der Waals surface area contributed by atoms with Crippen LogP contribution in [-0.4, -0.2) is 34.5 Å². The van der Waals surface area contributed by atoms with Gasteiger partial charge in [-0.05, 0) is 30.7 Å². The van der Waals surface area contributed by atoms with Crippen LogP contribution >= 0.6 is 0 Å². The van der Waals surface area contributed by atoms with E-state index in [1.54, 1.807) is 12.1 Å². The summed E-state index contributed by atoms with van der Waals surface area (Å²) >= 11 is 0. The largest absolute Gasteiger partial charge is 0.469 e. The molecule has 0 aromatic heterocycles. The predicted octanol–water partition coefficient (Wildman–Crippen LogP) is 2.21. The van der Waals surface area contributed by atoms with Crippen molar-refractivity contribution in [1.29, 1.82) is 0 Å². The summed E-state index contributed by atoms with van der Waals surface area (Å²) in [5.41, 5.74) is 0. The highest BCUT2D eigenvalue weighted by atomic mass is 32.3. The van der Waals surface area contributed by atoms with Gasteiger partial charge < -0.3 is 4.74 Å². The molecular weight excluding hydrogens is 364 g/mol. The molecule has 0 saturated carbocycles. The lowest BCUT2D eigenvalue weighted by Crippen LogP contribution is -2.31. The molecule has 0 saturated heterocycles. The van der Waals surface area contributed by atoms with Crippen LogP contribution in [0.5, 0.6) is 0 Å². The van der Waals surface area contributed by atoms with Gasteiger partial charge in [-0.3, -0.25) is 4.79 Å². The van der Waals surface area contributed by atoms with Crippen molar-refractivity contribution in [3.8, 4) is 0 Å². The Morgan fingerprint density at radius 1 is 0.840 bits per heavy atom. The first-order valence-corrected chi connectivity index (χ1v) is 10.5. The lowest BCUT2D eigenvalue weighted by molar-refractivity contribution is -0.140. The van der Waals surface area contributed by atoms with E-state index in [0.29, 0.717) is 0 Å². The second-order valence-corrected chi connectivity index (χ2v) is 9.82. The van der Waals surface area contributed by atoms with Gasteiger partial charge in [0, 0.05) is 6.42 Å². The van der Waals surface area contributed by atoms with Gasteiger partial charge in [-0.15, -0.1) is 0 Å². The number of carbonyl (C=O) groups is 1. The minimum Gasteiger partial charge on any atom is -0.469 e. The Morgan fingerprint density at radius 3 is 1.60 bits per heavy atom. The Kier molecular flexibility index (Phi) is 5.97. The molecule has 2 rings (SSSR count). The summed E-state index contributed by atoms with van der Waals surface area (Å²) in [5.74, 6) is -0.670. The summed E-state index contributed by atoms with van der Waals surface area (Å²) < 4.78 is 54.4. The molecule has 25 heavy (non-hydrogen) atoms. The van der Waals surface area contributed by atoms with Gasteiger partial charge in [-0.1, -0.05) is 36.4 Å². The molecule has 0 fully saturated rings. The van der Waals surface area contributed by atoms with Gasteiger partial charge in [-0.25, -0.2) is 16.8 Å². The molecule has 2 aromatic carbocycles. The highest BCUT2D eigenvalue weighted by Gasteiger charge is 2.39. The Bertz CT molecular complexity index is 850. The molecule has 0 aliphatic rings. The van der Waals surface area contributed by atoms with E-state index in [-0.39, 0.29) is 22.6 Å². The SMILES string of the molecule is COC(=O)CCC(S(=O)(=O)c1ccccc1)S(=O)(=O)c1ccccc1. The smallest absolute Gasteiger partial charge is 0.305 e. The summed E-state index contributed by atoms with van der Waals surface area (Å²) in [7, 11) is -7.25. The molecule has 0 spiro atoms. The maximum absolute atomic E-state index is 12.9. The van der Waals surface area contributed by atoms with E-state index < -0.39 is 30.2 Å². The number of benzene rings is 2. The van der Waals surface area contributed by atoms with Gasteiger partial charge >= 0.3 is 5.97 Å². The van der Waals surface area contributed by atoms with Crippen molar-refractivity contribution in [2.24, 2.45) is 0 Å². The third-order valence-electron chi connectivity index (χ3n) is 3.65. The molecule has 134 valence electrons. The van der Waals surface area contributed by atoms with Gasteiger partial charge in [0.05, 0.1) is 16.9 Å². The lowest BCUT2D eigenvalue weighted by atomic mass is 10.3. The van der Waals surface area contributed by atoms with Gasteiger partial charge in [0.1, 0.15) is 0 Å². The van der Waals surface area contributed by atoms with Gasteiger partial charge in [-0.2, -0.15) is 0 Å². The quantitative estimate of drug-likeness (QED) is 0.682. The van der Waals surface area contributed by atoms with Crippen LogP contribution < -0.4 is 0 Å². The van der Waals surface area contributed by atoms with Crippen molar-refractivity contribution in [2.75, 3.05) is 7.11 Å². The second-order valence-electron chi connectivity index (χ2n) is 5.26. The van der Waals surface area contributed by atoms with E-state index in [9.17, 15) is 21.6 Å². The average molecular weight is 382 g/mol. The average Bonchev–Trinajstić information content (AvgIpc) is 2.62. The molecule has 6 nitrogen and oxygen atoms in total. The Balaban J connectivity index is 2.52. The minimum absolute atomic E-state index is 0.107. The van der Waals surface area contributed by atoms with E-state index in [2.05, 4.69) is 4.74 Å². The Labute approximate surface area is 147 Å². The molecule has 8 heteroatoms. The standard InChI is InChI=1S/C17H18O6S2/c1-23-16(18)12-13-17(24(19,20)14-8-4-2-5-9-14)25(21,22)15-10-6-3-7-11-15/h2-11,17H,12-13H2,1H3. The van der Waals surface area contributed by atoms with E-state index in [4.69, 9.17) is 0 Å². The predicted molar refractivity (Wildman–Crippen MR) is 92.3 cm³/mol. The van der Waals surface area contributed by atoms with E-state index in [1.165, 1.54) is 48.5 Å². The summed E-state index contributed by atoms with van der Waals surface area (Å²) in [5, 5.41) is 0. The molecule has 0 bridgehead atoms. The molecule has 0 radical (unpaired) electrons. The zero-order valence-electron chi connectivity index (χ0n) is 13.5. The highest BCUT2D eigenvalue weighted by molar-refractivity contribution is 8.09. The lowest BCUT2D eigenvalue weighted by Gasteiger charge is -2.18. The maximum atomic E-state index is 12.9. The van der Waals surface area contributed by atoms with Gasteiger partial charge in [0.15, 0.2) is 24.3 Å². The minimum atomic E-state index is -4.21. The van der Waals surface area contributed by atoms with E-state index in [0.717, 1.165) is 7.11 Å². The number of hydrogen-bond donors (Lipinski definition) is 0. The van der Waals surface area contributed by atoms with Crippen molar-refractivity contribution in [1.82, 2.24) is 0 Å². The summed E-state index contributed by atoms with van der Waals surface area (Å²) in [6, 6.07) is 14.7. The van der Waals surface area contributed by atoms with Crippen molar-refractivity contribution < 1.29 is 26.4 Å². The number of sulfone groups is 2. The molecule has 0 aliphatic heterocycles. The van der Waals surface area contributed by atoms with Gasteiger partial charge in [0.25, 0.3) is 0 Å². The molecule has 0 atom stereocenters. The molecule has 0 unspecified atom stereocenters. The van der Waals surface area contributed by atoms with Crippen LogP contribution in [0.15, 0.2) is 70.5 Å². The molecule has 2 aromatic rings. The molecular formula is C17H18O6S2. The number of methoxy groups -OCH3 is 1. The second kappa shape index (κ2) is 7.79. The number of carbonyl (C=O) groups excluding carboxylic acids is 1.